The summed E-state index contributed by atoms with van der Waals surface area (Å²) in [6, 6.07) is 1.16. The van der Waals surface area contributed by atoms with Gasteiger partial charge in [-0.15, -0.1) is 0 Å². The Balaban J connectivity index is -0.000000125. The summed E-state index contributed by atoms with van der Waals surface area (Å²) in [7, 11) is -0.742. The molecule has 0 aromatic carbocycles. The van der Waals surface area contributed by atoms with Crippen molar-refractivity contribution in [2.75, 3.05) is 0 Å². The maximum Gasteiger partial charge on any atom is 2.00 e. The molecule has 0 amide bonds. The van der Waals surface area contributed by atoms with Crippen LogP contribution >= 0.6 is 0 Å². The van der Waals surface area contributed by atoms with Gasteiger partial charge >= 0.3 is 23.1 Å². The van der Waals surface area contributed by atoms with E-state index in [1.807, 2.05) is 0 Å². The maximum absolute atomic E-state index is 3.82. The van der Waals surface area contributed by atoms with Crippen molar-refractivity contribution in [2.24, 2.45) is 0 Å². The van der Waals surface area contributed by atoms with E-state index in [-0.39, 0.29) is 47.0 Å². The first-order chi connectivity index (χ1) is 2.56. The van der Waals surface area contributed by atoms with Gasteiger partial charge in [0.2, 0.25) is 0 Å². The van der Waals surface area contributed by atoms with E-state index >= 15 is 0 Å². The minimum Gasteiger partial charge on any atom is -1.00 e. The van der Waals surface area contributed by atoms with Crippen LogP contribution < -0.4 is 24.0 Å². The van der Waals surface area contributed by atoms with Gasteiger partial charge in [0.15, 0.2) is 0 Å². The molecule has 3 heteroatoms. The molecule has 0 aliphatic rings. The van der Waals surface area contributed by atoms with Gasteiger partial charge in [-0.25, -0.2) is 0 Å². The first kappa shape index (κ1) is 16.4. The summed E-state index contributed by atoms with van der Waals surface area (Å²) in [4.78, 5) is 0. The van der Waals surface area contributed by atoms with Crippen molar-refractivity contribution in [3.05, 3.63) is 6.92 Å². The van der Waals surface area contributed by atoms with E-state index in [0.29, 0.717) is 0 Å². The van der Waals surface area contributed by atoms with E-state index in [1.54, 1.807) is 0 Å². The molecule has 0 N–H and O–H groups in total. The first-order valence-corrected chi connectivity index (χ1v) is 6.06. The Kier molecular flexibility index (Phi) is 14.0. The Labute approximate surface area is 87.0 Å². The van der Waals surface area contributed by atoms with Crippen LogP contribution in [0.1, 0.15) is 0 Å². The molecule has 0 fully saturated rings. The third-order valence-corrected chi connectivity index (χ3v) is 2.25. The SMILES string of the molecule is [CH2-]C[Si](C)(C)C.[I-].[Mg+2]. The van der Waals surface area contributed by atoms with E-state index in [9.17, 15) is 0 Å². The molecule has 0 aliphatic heterocycles. The molecule has 0 spiro atoms. The van der Waals surface area contributed by atoms with Crippen LogP contribution in [0.4, 0.5) is 0 Å². The van der Waals surface area contributed by atoms with Crippen molar-refractivity contribution in [2.45, 2.75) is 25.7 Å². The fourth-order valence-corrected chi connectivity index (χ4v) is 0. The summed E-state index contributed by atoms with van der Waals surface area (Å²) in [6.07, 6.45) is 0. The van der Waals surface area contributed by atoms with Crippen LogP contribution in [0, 0.1) is 6.92 Å². The molecule has 0 aromatic heterocycles. The normalized spacial score (nSPS) is 9.00. The van der Waals surface area contributed by atoms with Crippen LogP contribution in [0.25, 0.3) is 0 Å². The molecule has 0 aliphatic carbocycles. The van der Waals surface area contributed by atoms with Crippen molar-refractivity contribution in [3.8, 4) is 0 Å². The molecule has 0 heterocycles. The minimum absolute atomic E-state index is 0. The van der Waals surface area contributed by atoms with Gasteiger partial charge in [-0.05, 0) is 0 Å². The molecule has 0 aromatic rings. The quantitative estimate of drug-likeness (QED) is 0.312. The summed E-state index contributed by atoms with van der Waals surface area (Å²) in [5, 5.41) is 0. The van der Waals surface area contributed by atoms with Gasteiger partial charge in [0.1, 0.15) is 0 Å². The predicted molar refractivity (Wildman–Crippen MR) is 39.3 cm³/mol. The standard InChI is InChI=1S/C5H13Si.HI.Mg/c1-5-6(2,3)4;;/h1,5H2,2-4H3;1H;/q-1;;+2/p-1. The molecule has 0 saturated heterocycles. The van der Waals surface area contributed by atoms with Crippen LogP contribution in [0.5, 0.6) is 0 Å². The van der Waals surface area contributed by atoms with Gasteiger partial charge in [-0.3, -0.25) is 0 Å². The number of rotatable bonds is 1. The molecule has 0 bridgehead atoms. The Morgan fingerprint density at radius 2 is 1.38 bits per heavy atom. The molecule has 8 heavy (non-hydrogen) atoms. The third-order valence-electron chi connectivity index (χ3n) is 0.750. The molecule has 0 unspecified atom stereocenters. The fraction of sp³-hybridized carbons (Fsp3) is 0.800. The Bertz CT molecular complexity index is 42.2. The zero-order valence-corrected chi connectivity index (χ0v) is 10.6. The van der Waals surface area contributed by atoms with Crippen molar-refractivity contribution >= 4 is 31.1 Å². The van der Waals surface area contributed by atoms with Crippen molar-refractivity contribution in [1.29, 1.82) is 0 Å². The summed E-state index contributed by atoms with van der Waals surface area (Å²) < 4.78 is 0. The Hall–Kier alpha value is 1.71. The second-order valence-electron chi connectivity index (χ2n) is 2.81. The topological polar surface area (TPSA) is 0 Å². The van der Waals surface area contributed by atoms with Crippen LogP contribution in [0.2, 0.25) is 25.7 Å². The average Bonchev–Trinajstić information content (AvgIpc) is 1.35. The molecular formula is C5H13IMgSi. The minimum atomic E-state index is -0.742. The average molecular weight is 252 g/mol. The molecule has 0 rings (SSSR count). The summed E-state index contributed by atoms with van der Waals surface area (Å²) in [5.41, 5.74) is 0. The number of hydrogen-bond acceptors (Lipinski definition) is 0. The smallest absolute Gasteiger partial charge is 1.00 e. The van der Waals surface area contributed by atoms with E-state index < -0.39 is 8.07 Å². The van der Waals surface area contributed by atoms with Crippen molar-refractivity contribution in [3.63, 3.8) is 0 Å². The molecular weight excluding hydrogens is 239 g/mol. The Morgan fingerprint density at radius 3 is 1.38 bits per heavy atom. The number of halogens is 1. The fourth-order valence-electron chi connectivity index (χ4n) is 0. The van der Waals surface area contributed by atoms with E-state index in [1.165, 1.54) is 0 Å². The van der Waals surface area contributed by atoms with Gasteiger partial charge in [0.25, 0.3) is 0 Å². The van der Waals surface area contributed by atoms with Crippen molar-refractivity contribution < 1.29 is 24.0 Å². The van der Waals surface area contributed by atoms with Gasteiger partial charge < -0.3 is 30.9 Å². The second-order valence-corrected chi connectivity index (χ2v) is 8.43. The van der Waals surface area contributed by atoms with Crippen LogP contribution in [-0.2, 0) is 0 Å². The largest absolute Gasteiger partial charge is 2.00 e. The number of hydrogen-bond donors (Lipinski definition) is 0. The zero-order valence-electron chi connectivity index (χ0n) is 6.00. The van der Waals surface area contributed by atoms with Gasteiger partial charge in [0.05, 0.1) is 0 Å². The Morgan fingerprint density at radius 1 is 1.25 bits per heavy atom. The van der Waals surface area contributed by atoms with E-state index in [0.717, 1.165) is 6.04 Å². The van der Waals surface area contributed by atoms with Crippen LogP contribution in [-0.4, -0.2) is 31.1 Å². The second kappa shape index (κ2) is 6.83. The summed E-state index contributed by atoms with van der Waals surface area (Å²) in [6.45, 7) is 10.8. The van der Waals surface area contributed by atoms with Crippen LogP contribution in [0.3, 0.4) is 0 Å². The van der Waals surface area contributed by atoms with E-state index in [4.69, 9.17) is 0 Å². The molecule has 0 saturated carbocycles. The first-order valence-electron chi connectivity index (χ1n) is 2.35. The van der Waals surface area contributed by atoms with Gasteiger partial charge in [-0.2, -0.15) is 6.04 Å². The maximum atomic E-state index is 3.82. The molecule has 0 atom stereocenters. The molecule has 0 nitrogen and oxygen atoms in total. The van der Waals surface area contributed by atoms with Gasteiger partial charge in [0, 0.05) is 8.07 Å². The zero-order chi connectivity index (χ0) is 5.21. The monoisotopic (exact) mass is 252 g/mol. The summed E-state index contributed by atoms with van der Waals surface area (Å²) in [5.74, 6) is 0. The summed E-state index contributed by atoms with van der Waals surface area (Å²) >= 11 is 0. The van der Waals surface area contributed by atoms with Crippen LogP contribution in [0.15, 0.2) is 0 Å². The van der Waals surface area contributed by atoms with Gasteiger partial charge in [-0.1, -0.05) is 19.6 Å². The molecule has 46 valence electrons. The molecule has 0 radical (unpaired) electrons. The van der Waals surface area contributed by atoms with Crippen molar-refractivity contribution in [1.82, 2.24) is 0 Å². The van der Waals surface area contributed by atoms with E-state index in [2.05, 4.69) is 26.6 Å². The third kappa shape index (κ3) is 15.6. The predicted octanol–water partition coefficient (Wildman–Crippen LogP) is -1.22.